The summed E-state index contributed by atoms with van der Waals surface area (Å²) in [7, 11) is 0. The maximum absolute atomic E-state index is 4.61. The second kappa shape index (κ2) is 11.2. The highest BCUT2D eigenvalue weighted by molar-refractivity contribution is 8.00. The van der Waals surface area contributed by atoms with E-state index in [0.717, 1.165) is 18.5 Å². The number of piperidine rings is 1. The van der Waals surface area contributed by atoms with Gasteiger partial charge in [0.15, 0.2) is 0 Å². The molecule has 0 radical (unpaired) electrons. The third kappa shape index (κ3) is 5.72. The van der Waals surface area contributed by atoms with Crippen LogP contribution in [-0.2, 0) is 6.42 Å². The SMILES string of the molecule is Cl.Cl.c1ccc2cc(CCN3CCC(Sc4cccc5cccnc45)CC3)ccc2c1. The first-order chi connectivity index (χ1) is 14.3. The fraction of sp³-hybridized carbons (Fsp3) is 0.269. The van der Waals surface area contributed by atoms with Gasteiger partial charge in [0.1, 0.15) is 0 Å². The Morgan fingerprint density at radius 3 is 2.39 bits per heavy atom. The Hall–Kier alpha value is -1.78. The zero-order valence-corrected chi connectivity index (χ0v) is 19.9. The number of hydrogen-bond acceptors (Lipinski definition) is 3. The molecule has 0 saturated carbocycles. The number of thioether (sulfide) groups is 1. The zero-order valence-electron chi connectivity index (χ0n) is 17.4. The van der Waals surface area contributed by atoms with Crippen molar-refractivity contribution < 1.29 is 0 Å². The smallest absolute Gasteiger partial charge is 0.0837 e. The van der Waals surface area contributed by atoms with E-state index in [9.17, 15) is 0 Å². The summed E-state index contributed by atoms with van der Waals surface area (Å²) in [5.41, 5.74) is 2.60. The molecule has 5 rings (SSSR count). The average Bonchev–Trinajstić information content (AvgIpc) is 2.79. The molecule has 0 N–H and O–H groups in total. The first-order valence-corrected chi connectivity index (χ1v) is 11.4. The van der Waals surface area contributed by atoms with Crippen molar-refractivity contribution in [1.82, 2.24) is 9.88 Å². The Bertz CT molecular complexity index is 1120. The van der Waals surface area contributed by atoms with Crippen LogP contribution in [0.25, 0.3) is 21.7 Å². The quantitative estimate of drug-likeness (QED) is 0.311. The van der Waals surface area contributed by atoms with Crippen LogP contribution in [0.15, 0.2) is 83.9 Å². The molecular formula is C26H28Cl2N2S. The number of halogens is 2. The molecule has 31 heavy (non-hydrogen) atoms. The van der Waals surface area contributed by atoms with E-state index in [0.29, 0.717) is 5.25 Å². The molecule has 0 amide bonds. The van der Waals surface area contributed by atoms with Gasteiger partial charge in [-0.1, -0.05) is 60.7 Å². The zero-order chi connectivity index (χ0) is 19.5. The first-order valence-electron chi connectivity index (χ1n) is 10.6. The van der Waals surface area contributed by atoms with E-state index >= 15 is 0 Å². The summed E-state index contributed by atoms with van der Waals surface area (Å²) in [6, 6.07) is 26.2. The van der Waals surface area contributed by atoms with Crippen molar-refractivity contribution in [2.24, 2.45) is 0 Å². The summed E-state index contributed by atoms with van der Waals surface area (Å²) >= 11 is 2.02. The normalized spacial score (nSPS) is 14.8. The maximum Gasteiger partial charge on any atom is 0.0837 e. The number of pyridine rings is 1. The van der Waals surface area contributed by atoms with E-state index in [4.69, 9.17) is 0 Å². The van der Waals surface area contributed by atoms with Gasteiger partial charge in [-0.25, -0.2) is 0 Å². The van der Waals surface area contributed by atoms with Crippen molar-refractivity contribution in [3.8, 4) is 0 Å². The van der Waals surface area contributed by atoms with E-state index < -0.39 is 0 Å². The summed E-state index contributed by atoms with van der Waals surface area (Å²) in [5, 5.41) is 4.62. The Kier molecular flexibility index (Phi) is 8.62. The van der Waals surface area contributed by atoms with E-state index in [-0.39, 0.29) is 24.8 Å². The van der Waals surface area contributed by atoms with Crippen LogP contribution in [0.2, 0.25) is 0 Å². The van der Waals surface area contributed by atoms with Gasteiger partial charge >= 0.3 is 0 Å². The number of aromatic nitrogens is 1. The van der Waals surface area contributed by atoms with Crippen LogP contribution in [0.5, 0.6) is 0 Å². The molecule has 1 fully saturated rings. The monoisotopic (exact) mass is 470 g/mol. The summed E-state index contributed by atoms with van der Waals surface area (Å²) in [4.78, 5) is 8.58. The van der Waals surface area contributed by atoms with Gasteiger partial charge < -0.3 is 4.90 Å². The van der Waals surface area contributed by atoms with E-state index in [1.54, 1.807) is 0 Å². The van der Waals surface area contributed by atoms with Gasteiger partial charge in [-0.3, -0.25) is 4.98 Å². The molecule has 1 aliphatic rings. The molecule has 1 aromatic heterocycles. The molecule has 3 aromatic carbocycles. The molecule has 0 spiro atoms. The number of likely N-dealkylation sites (tertiary alicyclic amines) is 1. The molecule has 5 heteroatoms. The minimum Gasteiger partial charge on any atom is -0.303 e. The Balaban J connectivity index is 0.00000136. The van der Waals surface area contributed by atoms with Crippen LogP contribution in [0.1, 0.15) is 18.4 Å². The molecular weight excluding hydrogens is 443 g/mol. The van der Waals surface area contributed by atoms with E-state index in [2.05, 4.69) is 76.6 Å². The van der Waals surface area contributed by atoms with Gasteiger partial charge in [0, 0.05) is 28.3 Å². The van der Waals surface area contributed by atoms with Gasteiger partial charge in [0.2, 0.25) is 0 Å². The highest BCUT2D eigenvalue weighted by atomic mass is 35.5. The fourth-order valence-electron chi connectivity index (χ4n) is 4.28. The predicted octanol–water partition coefficient (Wildman–Crippen LogP) is 7.03. The molecule has 0 unspecified atom stereocenters. The number of nitrogens with zero attached hydrogens (tertiary/aromatic N) is 2. The molecule has 1 aliphatic heterocycles. The molecule has 4 aromatic rings. The van der Waals surface area contributed by atoms with Crippen molar-refractivity contribution >= 4 is 58.3 Å². The predicted molar refractivity (Wildman–Crippen MR) is 139 cm³/mol. The summed E-state index contributed by atoms with van der Waals surface area (Å²) in [6.45, 7) is 3.55. The minimum absolute atomic E-state index is 0. The maximum atomic E-state index is 4.61. The minimum atomic E-state index is 0. The standard InChI is InChI=1S/C26H26N2S.2ClH/c1-2-6-23-19-20(10-11-21(23)5-1)12-16-28-17-13-24(14-18-28)29-25-9-3-7-22-8-4-15-27-26(22)25;;/h1-11,15,19,24H,12-14,16-18H2;2*1H. The molecule has 162 valence electrons. The van der Waals surface area contributed by atoms with Gasteiger partial charge in [-0.15, -0.1) is 36.6 Å². The second-order valence-electron chi connectivity index (χ2n) is 7.92. The van der Waals surface area contributed by atoms with Gasteiger partial charge in [0.25, 0.3) is 0 Å². The van der Waals surface area contributed by atoms with Crippen LogP contribution in [0.4, 0.5) is 0 Å². The largest absolute Gasteiger partial charge is 0.303 e. The third-order valence-corrected chi connectivity index (χ3v) is 7.34. The lowest BCUT2D eigenvalue weighted by Gasteiger charge is -2.31. The lowest BCUT2D eigenvalue weighted by atomic mass is 10.0. The van der Waals surface area contributed by atoms with Crippen molar-refractivity contribution in [3.05, 3.63) is 84.6 Å². The van der Waals surface area contributed by atoms with Crippen molar-refractivity contribution in [1.29, 1.82) is 0 Å². The Morgan fingerprint density at radius 1 is 0.806 bits per heavy atom. The molecule has 0 aliphatic carbocycles. The number of para-hydroxylation sites is 1. The van der Waals surface area contributed by atoms with Crippen LogP contribution in [-0.4, -0.2) is 34.8 Å². The topological polar surface area (TPSA) is 16.1 Å². The summed E-state index contributed by atoms with van der Waals surface area (Å²) in [6.07, 6.45) is 5.55. The molecule has 1 saturated heterocycles. The first kappa shape index (κ1) is 23.9. The number of hydrogen-bond donors (Lipinski definition) is 0. The van der Waals surface area contributed by atoms with Crippen LogP contribution < -0.4 is 0 Å². The van der Waals surface area contributed by atoms with Gasteiger partial charge in [-0.05, 0) is 60.8 Å². The number of benzene rings is 3. The highest BCUT2D eigenvalue weighted by Crippen LogP contribution is 2.34. The molecule has 2 heterocycles. The lowest BCUT2D eigenvalue weighted by molar-refractivity contribution is 0.235. The van der Waals surface area contributed by atoms with Crippen LogP contribution in [0.3, 0.4) is 0 Å². The van der Waals surface area contributed by atoms with Gasteiger partial charge in [0.05, 0.1) is 5.52 Å². The molecule has 0 bridgehead atoms. The second-order valence-corrected chi connectivity index (χ2v) is 9.26. The summed E-state index contributed by atoms with van der Waals surface area (Å²) < 4.78 is 0. The summed E-state index contributed by atoms with van der Waals surface area (Å²) in [5.74, 6) is 0. The highest BCUT2D eigenvalue weighted by Gasteiger charge is 2.20. The van der Waals surface area contributed by atoms with Crippen molar-refractivity contribution in [2.75, 3.05) is 19.6 Å². The fourth-order valence-corrected chi connectivity index (χ4v) is 5.53. The Labute approximate surface area is 201 Å². The average molecular weight is 471 g/mol. The molecule has 0 atom stereocenters. The van der Waals surface area contributed by atoms with E-state index in [1.165, 1.54) is 52.5 Å². The molecule has 2 nitrogen and oxygen atoms in total. The third-order valence-electron chi connectivity index (χ3n) is 5.95. The van der Waals surface area contributed by atoms with Crippen molar-refractivity contribution in [3.63, 3.8) is 0 Å². The number of rotatable bonds is 5. The van der Waals surface area contributed by atoms with E-state index in [1.807, 2.05) is 24.0 Å². The Morgan fingerprint density at radius 2 is 1.55 bits per heavy atom. The van der Waals surface area contributed by atoms with Crippen molar-refractivity contribution in [2.45, 2.75) is 29.4 Å². The van der Waals surface area contributed by atoms with Crippen LogP contribution in [0, 0.1) is 0 Å². The van der Waals surface area contributed by atoms with Crippen LogP contribution >= 0.6 is 36.6 Å². The number of fused-ring (bicyclic) bond motifs is 2. The lowest BCUT2D eigenvalue weighted by Crippen LogP contribution is -2.36. The van der Waals surface area contributed by atoms with Gasteiger partial charge in [-0.2, -0.15) is 0 Å².